The molecule has 0 aromatic heterocycles. The predicted molar refractivity (Wildman–Crippen MR) is 65.7 cm³/mol. The number of hydrogen-bond acceptors (Lipinski definition) is 4. The van der Waals surface area contributed by atoms with Crippen LogP contribution in [0.3, 0.4) is 0 Å². The number of carbonyl (C=O) groups is 3. The Morgan fingerprint density at radius 3 is 2.68 bits per heavy atom. The van der Waals surface area contributed by atoms with Gasteiger partial charge in [0.05, 0.1) is 23.8 Å². The molecule has 1 heterocycles. The largest absolute Gasteiger partial charge is 0.548 e. The van der Waals surface area contributed by atoms with Crippen molar-refractivity contribution >= 4 is 29.4 Å². The summed E-state index contributed by atoms with van der Waals surface area (Å²) in [7, 11) is 0. The summed E-state index contributed by atoms with van der Waals surface area (Å²) in [5.74, 6) is -3.18. The molecule has 6 heteroatoms. The summed E-state index contributed by atoms with van der Waals surface area (Å²) < 4.78 is 0. The SMILES string of the molecule is CCC[C@@H](C(=O)[O-])N1C(=O)[C@H]2CC(Cl)=CC[C@H]2C1=O. The van der Waals surface area contributed by atoms with Crippen LogP contribution in [-0.2, 0) is 14.4 Å². The Balaban J connectivity index is 2.27. The van der Waals surface area contributed by atoms with E-state index in [-0.39, 0.29) is 6.42 Å². The highest BCUT2D eigenvalue weighted by atomic mass is 35.5. The van der Waals surface area contributed by atoms with E-state index in [0.29, 0.717) is 24.3 Å². The number of nitrogens with zero attached hydrogens (tertiary/aromatic N) is 1. The minimum absolute atomic E-state index is 0.223. The second-order valence-corrected chi connectivity index (χ2v) is 5.46. The van der Waals surface area contributed by atoms with E-state index in [1.807, 2.05) is 0 Å². The Bertz CT molecular complexity index is 460. The van der Waals surface area contributed by atoms with Gasteiger partial charge in [-0.25, -0.2) is 0 Å². The molecule has 0 N–H and O–H groups in total. The van der Waals surface area contributed by atoms with Crippen molar-refractivity contribution in [2.24, 2.45) is 11.8 Å². The summed E-state index contributed by atoms with van der Waals surface area (Å²) in [6.45, 7) is 1.80. The lowest BCUT2D eigenvalue weighted by Gasteiger charge is -2.27. The van der Waals surface area contributed by atoms with Gasteiger partial charge in [0.25, 0.3) is 0 Å². The molecule has 2 aliphatic rings. The summed E-state index contributed by atoms with van der Waals surface area (Å²) in [4.78, 5) is 36.5. The Kier molecular flexibility index (Phi) is 3.94. The fourth-order valence-electron chi connectivity index (χ4n) is 2.79. The molecular weight excluding hydrogens is 270 g/mol. The molecule has 1 fully saturated rings. The normalized spacial score (nSPS) is 28.1. The van der Waals surface area contributed by atoms with Gasteiger partial charge in [0.15, 0.2) is 0 Å². The molecule has 0 aromatic rings. The molecule has 19 heavy (non-hydrogen) atoms. The van der Waals surface area contributed by atoms with E-state index in [9.17, 15) is 19.5 Å². The molecule has 5 nitrogen and oxygen atoms in total. The van der Waals surface area contributed by atoms with Crippen molar-refractivity contribution in [3.63, 3.8) is 0 Å². The van der Waals surface area contributed by atoms with E-state index in [4.69, 9.17) is 11.6 Å². The Hall–Kier alpha value is -1.36. The van der Waals surface area contributed by atoms with Crippen LogP contribution in [0.1, 0.15) is 32.6 Å². The Morgan fingerprint density at radius 2 is 2.11 bits per heavy atom. The smallest absolute Gasteiger partial charge is 0.234 e. The van der Waals surface area contributed by atoms with Crippen LogP contribution in [0.2, 0.25) is 0 Å². The first kappa shape index (κ1) is 14.1. The van der Waals surface area contributed by atoms with Gasteiger partial charge in [0, 0.05) is 5.03 Å². The average Bonchev–Trinajstić information content (AvgIpc) is 2.59. The third-order valence-electron chi connectivity index (χ3n) is 3.75. The van der Waals surface area contributed by atoms with Crippen molar-refractivity contribution in [1.82, 2.24) is 4.90 Å². The highest BCUT2D eigenvalue weighted by Gasteiger charge is 2.50. The van der Waals surface area contributed by atoms with Gasteiger partial charge in [0.1, 0.15) is 0 Å². The molecule has 2 amide bonds. The van der Waals surface area contributed by atoms with Crippen molar-refractivity contribution < 1.29 is 19.5 Å². The summed E-state index contributed by atoms with van der Waals surface area (Å²) in [6, 6.07) is -1.16. The van der Waals surface area contributed by atoms with Crippen LogP contribution < -0.4 is 5.11 Å². The zero-order valence-electron chi connectivity index (χ0n) is 10.6. The molecule has 1 aliphatic heterocycles. The molecule has 0 bridgehead atoms. The lowest BCUT2D eigenvalue weighted by atomic mass is 9.85. The van der Waals surface area contributed by atoms with Crippen molar-refractivity contribution in [3.05, 3.63) is 11.1 Å². The lowest BCUT2D eigenvalue weighted by molar-refractivity contribution is -0.311. The zero-order valence-corrected chi connectivity index (χ0v) is 11.4. The monoisotopic (exact) mass is 284 g/mol. The molecule has 3 atom stereocenters. The molecule has 0 spiro atoms. The number of amides is 2. The van der Waals surface area contributed by atoms with E-state index >= 15 is 0 Å². The molecule has 0 unspecified atom stereocenters. The topological polar surface area (TPSA) is 77.5 Å². The number of rotatable bonds is 4. The van der Waals surface area contributed by atoms with Crippen molar-refractivity contribution in [2.45, 2.75) is 38.6 Å². The van der Waals surface area contributed by atoms with Gasteiger partial charge >= 0.3 is 0 Å². The first-order valence-corrected chi connectivity index (χ1v) is 6.77. The maximum Gasteiger partial charge on any atom is 0.234 e. The summed E-state index contributed by atoms with van der Waals surface area (Å²) in [5, 5.41) is 11.7. The van der Waals surface area contributed by atoms with Gasteiger partial charge in [0.2, 0.25) is 11.8 Å². The van der Waals surface area contributed by atoms with Gasteiger partial charge in [-0.1, -0.05) is 31.0 Å². The molecule has 2 rings (SSSR count). The van der Waals surface area contributed by atoms with Crippen molar-refractivity contribution in [1.29, 1.82) is 0 Å². The maximum absolute atomic E-state index is 12.2. The quantitative estimate of drug-likeness (QED) is 0.701. The Morgan fingerprint density at radius 1 is 1.47 bits per heavy atom. The molecular formula is C13H15ClNO4-. The minimum Gasteiger partial charge on any atom is -0.548 e. The second-order valence-electron chi connectivity index (χ2n) is 4.97. The zero-order chi connectivity index (χ0) is 14.2. The molecule has 0 saturated carbocycles. The van der Waals surface area contributed by atoms with Crippen LogP contribution in [0.5, 0.6) is 0 Å². The van der Waals surface area contributed by atoms with Gasteiger partial charge < -0.3 is 9.90 Å². The number of imide groups is 1. The van der Waals surface area contributed by atoms with Crippen molar-refractivity contribution in [3.8, 4) is 0 Å². The van der Waals surface area contributed by atoms with Crippen LogP contribution in [0.25, 0.3) is 0 Å². The van der Waals surface area contributed by atoms with Crippen molar-refractivity contribution in [2.75, 3.05) is 0 Å². The molecule has 0 aromatic carbocycles. The number of allylic oxidation sites excluding steroid dienone is 2. The lowest BCUT2D eigenvalue weighted by Crippen LogP contribution is -2.51. The van der Waals surface area contributed by atoms with E-state index < -0.39 is 35.7 Å². The summed E-state index contributed by atoms with van der Waals surface area (Å²) >= 11 is 5.90. The second kappa shape index (κ2) is 5.33. The van der Waals surface area contributed by atoms with Gasteiger partial charge in [-0.15, -0.1) is 0 Å². The summed E-state index contributed by atoms with van der Waals surface area (Å²) in [5.41, 5.74) is 0. The molecule has 1 aliphatic carbocycles. The number of carboxylic acids is 1. The average molecular weight is 285 g/mol. The summed E-state index contributed by atoms with van der Waals surface area (Å²) in [6.07, 6.45) is 3.23. The highest BCUT2D eigenvalue weighted by Crippen LogP contribution is 2.39. The third kappa shape index (κ3) is 2.39. The number of carbonyl (C=O) groups excluding carboxylic acids is 3. The van der Waals surface area contributed by atoms with Gasteiger partial charge in [-0.05, 0) is 19.3 Å². The Labute approximate surface area is 116 Å². The van der Waals surface area contributed by atoms with E-state index in [1.165, 1.54) is 0 Å². The number of aliphatic carboxylic acids is 1. The number of hydrogen-bond donors (Lipinski definition) is 0. The van der Waals surface area contributed by atoms with E-state index in [0.717, 1.165) is 4.90 Å². The maximum atomic E-state index is 12.2. The first-order valence-electron chi connectivity index (χ1n) is 6.39. The molecule has 0 radical (unpaired) electrons. The highest BCUT2D eigenvalue weighted by molar-refractivity contribution is 6.30. The van der Waals surface area contributed by atoms with Crippen LogP contribution in [0.15, 0.2) is 11.1 Å². The predicted octanol–water partition coefficient (Wildman–Crippen LogP) is 0.423. The third-order valence-corrected chi connectivity index (χ3v) is 4.06. The van der Waals surface area contributed by atoms with Gasteiger partial charge in [-0.2, -0.15) is 0 Å². The number of fused-ring (bicyclic) bond motifs is 1. The van der Waals surface area contributed by atoms with E-state index in [2.05, 4.69) is 0 Å². The van der Waals surface area contributed by atoms with Crippen LogP contribution >= 0.6 is 11.6 Å². The van der Waals surface area contributed by atoms with Crippen LogP contribution in [-0.4, -0.2) is 28.7 Å². The standard InChI is InChI=1S/C13H16ClNO4/c1-2-3-10(13(18)19)15-11(16)8-5-4-7(14)6-9(8)12(15)17/h4,8-10H,2-3,5-6H2,1H3,(H,18,19)/p-1/t8-,9+,10+/m1/s1. The number of halogens is 1. The molecule has 104 valence electrons. The van der Waals surface area contributed by atoms with Crippen LogP contribution in [0.4, 0.5) is 0 Å². The minimum atomic E-state index is -1.37. The fourth-order valence-corrected chi connectivity index (χ4v) is 3.04. The number of likely N-dealkylation sites (tertiary alicyclic amines) is 1. The van der Waals surface area contributed by atoms with Gasteiger partial charge in [-0.3, -0.25) is 14.5 Å². The molecule has 1 saturated heterocycles. The van der Waals surface area contributed by atoms with E-state index in [1.54, 1.807) is 13.0 Å². The fraction of sp³-hybridized carbons (Fsp3) is 0.615. The van der Waals surface area contributed by atoms with Crippen LogP contribution in [0, 0.1) is 11.8 Å². The first-order chi connectivity index (χ1) is 8.97. The number of carboxylic acid groups (broad SMARTS) is 1.